The van der Waals surface area contributed by atoms with Gasteiger partial charge in [0.1, 0.15) is 13.7 Å². The van der Waals surface area contributed by atoms with E-state index in [1.165, 1.54) is 0 Å². The fraction of sp³-hybridized carbons (Fsp3) is 0.750. The van der Waals surface area contributed by atoms with Gasteiger partial charge in [0.2, 0.25) is 0 Å². The van der Waals surface area contributed by atoms with Crippen LogP contribution in [0.2, 0.25) is 0 Å². The fourth-order valence-corrected chi connectivity index (χ4v) is 2.03. The number of nitrogens with zero attached hydrogens (tertiary/aromatic N) is 1. The van der Waals surface area contributed by atoms with Crippen LogP contribution in [-0.2, 0) is 4.74 Å². The Hall–Kier alpha value is -1.01. The van der Waals surface area contributed by atoms with Gasteiger partial charge in [-0.05, 0) is 38.1 Å². The number of aliphatic hydroxyl groups is 1. The number of allylic oxidation sites excluding steroid dienone is 1. The second-order valence-electron chi connectivity index (χ2n) is 4.64. The first kappa shape index (κ1) is 15.1. The van der Waals surface area contributed by atoms with Gasteiger partial charge >= 0.3 is 0 Å². The molecule has 100 valence electrons. The van der Waals surface area contributed by atoms with Gasteiger partial charge in [-0.1, -0.05) is 0 Å². The molecular formula is C12H22BN3O2. The first-order valence-electron chi connectivity index (χ1n) is 6.32. The van der Waals surface area contributed by atoms with E-state index in [1.54, 1.807) is 6.92 Å². The van der Waals surface area contributed by atoms with Crippen LogP contribution in [0.15, 0.2) is 16.2 Å². The number of aliphatic hydroxyl groups excluding tert-OH is 1. The van der Waals surface area contributed by atoms with E-state index in [2.05, 4.69) is 4.99 Å². The summed E-state index contributed by atoms with van der Waals surface area (Å²) in [7, 11) is 5.72. The van der Waals surface area contributed by atoms with Crippen LogP contribution in [0, 0.1) is 0 Å². The number of hydrogen-bond acceptors (Lipinski definition) is 4. The Kier molecular flexibility index (Phi) is 6.22. The second-order valence-corrected chi connectivity index (χ2v) is 4.64. The van der Waals surface area contributed by atoms with Crippen molar-refractivity contribution in [1.82, 2.24) is 0 Å². The molecule has 0 aromatic rings. The third kappa shape index (κ3) is 4.70. The van der Waals surface area contributed by atoms with Crippen molar-refractivity contribution in [2.24, 2.45) is 16.5 Å². The minimum absolute atomic E-state index is 0.0716. The topological polar surface area (TPSA) is 93.9 Å². The molecule has 0 aromatic heterocycles. The maximum atomic E-state index is 8.69. The highest BCUT2D eigenvalue weighted by atomic mass is 16.5. The van der Waals surface area contributed by atoms with Gasteiger partial charge in [-0.2, -0.15) is 0 Å². The van der Waals surface area contributed by atoms with E-state index in [4.69, 9.17) is 29.2 Å². The molecule has 0 heterocycles. The molecule has 1 aliphatic rings. The fourth-order valence-electron chi connectivity index (χ4n) is 2.03. The highest BCUT2D eigenvalue weighted by molar-refractivity contribution is 6.37. The zero-order valence-electron chi connectivity index (χ0n) is 10.9. The Morgan fingerprint density at radius 2 is 1.94 bits per heavy atom. The van der Waals surface area contributed by atoms with Crippen molar-refractivity contribution in [2.45, 2.75) is 44.8 Å². The van der Waals surface area contributed by atoms with Gasteiger partial charge in [0.05, 0.1) is 25.4 Å². The molecule has 0 bridgehead atoms. The molecule has 5 nitrogen and oxygen atoms in total. The molecule has 6 heteroatoms. The van der Waals surface area contributed by atoms with Crippen LogP contribution in [0.3, 0.4) is 0 Å². The summed E-state index contributed by atoms with van der Waals surface area (Å²) in [6.07, 6.45) is 3.95. The predicted molar refractivity (Wildman–Crippen MR) is 73.3 cm³/mol. The van der Waals surface area contributed by atoms with Gasteiger partial charge < -0.3 is 21.3 Å². The van der Waals surface area contributed by atoms with E-state index in [-0.39, 0.29) is 18.8 Å². The molecular weight excluding hydrogens is 229 g/mol. The Balaban J connectivity index is 2.44. The third-order valence-electron chi connectivity index (χ3n) is 3.11. The Morgan fingerprint density at radius 1 is 1.33 bits per heavy atom. The molecule has 5 N–H and O–H groups in total. The summed E-state index contributed by atoms with van der Waals surface area (Å²) in [4.78, 5) is 4.40. The maximum absolute atomic E-state index is 8.69. The van der Waals surface area contributed by atoms with Gasteiger partial charge in [0, 0.05) is 5.70 Å². The maximum Gasteiger partial charge on any atom is 0.121 e. The predicted octanol–water partition coefficient (Wildman–Crippen LogP) is 0.0224. The molecule has 1 saturated carbocycles. The van der Waals surface area contributed by atoms with Crippen LogP contribution in [0.1, 0.15) is 32.6 Å². The van der Waals surface area contributed by atoms with Gasteiger partial charge in [-0.15, -0.1) is 0 Å². The van der Waals surface area contributed by atoms with Crippen molar-refractivity contribution >= 4 is 13.7 Å². The largest absolute Gasteiger partial charge is 0.403 e. The zero-order chi connectivity index (χ0) is 13.5. The monoisotopic (exact) mass is 251 g/mol. The molecule has 1 rings (SSSR count). The number of nitrogens with two attached hydrogens (primary N) is 2. The molecule has 0 amide bonds. The van der Waals surface area contributed by atoms with Crippen LogP contribution in [0.4, 0.5) is 0 Å². The van der Waals surface area contributed by atoms with Crippen molar-refractivity contribution in [1.29, 1.82) is 0 Å². The first-order chi connectivity index (χ1) is 8.54. The summed E-state index contributed by atoms with van der Waals surface area (Å²) in [5.41, 5.74) is 12.2. The molecule has 0 spiro atoms. The van der Waals surface area contributed by atoms with Crippen molar-refractivity contribution in [2.75, 3.05) is 13.2 Å². The summed E-state index contributed by atoms with van der Waals surface area (Å²) < 4.78 is 5.49. The Bertz CT molecular complexity index is 319. The van der Waals surface area contributed by atoms with Crippen molar-refractivity contribution < 1.29 is 9.84 Å². The molecule has 1 fully saturated rings. The lowest BCUT2D eigenvalue weighted by molar-refractivity contribution is 0.00636. The van der Waals surface area contributed by atoms with E-state index in [9.17, 15) is 0 Å². The van der Waals surface area contributed by atoms with Crippen molar-refractivity contribution in [3.05, 3.63) is 11.2 Å². The lowest BCUT2D eigenvalue weighted by Gasteiger charge is -2.26. The van der Waals surface area contributed by atoms with Crippen LogP contribution in [0.5, 0.6) is 0 Å². The van der Waals surface area contributed by atoms with Crippen molar-refractivity contribution in [3.63, 3.8) is 0 Å². The van der Waals surface area contributed by atoms with E-state index in [1.807, 2.05) is 0 Å². The molecule has 0 saturated heterocycles. The normalized spacial score (nSPS) is 26.9. The Labute approximate surface area is 110 Å². The van der Waals surface area contributed by atoms with E-state index in [0.717, 1.165) is 25.7 Å². The smallest absolute Gasteiger partial charge is 0.121 e. The molecule has 2 radical (unpaired) electrons. The summed E-state index contributed by atoms with van der Waals surface area (Å²) >= 11 is 0. The van der Waals surface area contributed by atoms with Crippen LogP contribution >= 0.6 is 0 Å². The van der Waals surface area contributed by atoms with Crippen molar-refractivity contribution in [3.8, 4) is 0 Å². The first-order valence-corrected chi connectivity index (χ1v) is 6.32. The van der Waals surface area contributed by atoms with E-state index < -0.39 is 0 Å². The number of rotatable bonds is 5. The average molecular weight is 251 g/mol. The molecule has 0 aromatic carbocycles. The highest BCUT2D eigenvalue weighted by Gasteiger charge is 2.21. The number of hydrogen-bond donors (Lipinski definition) is 3. The summed E-state index contributed by atoms with van der Waals surface area (Å²) in [5.74, 6) is 0.328. The minimum atomic E-state index is 0.0716. The van der Waals surface area contributed by atoms with E-state index in [0.29, 0.717) is 23.6 Å². The second kappa shape index (κ2) is 7.43. The van der Waals surface area contributed by atoms with Gasteiger partial charge in [0.25, 0.3) is 0 Å². The lowest BCUT2D eigenvalue weighted by atomic mass is 9.91. The molecule has 0 atom stereocenters. The standard InChI is InChI=1S/C12H22BN3O2/c1-8(14)11(13)12(15)16-9-2-4-10(5-3-9)18-7-6-17/h9-10,17H,2-7,14H2,1H3,(H2,15,16)/b11-8+. The molecule has 1 aliphatic carbocycles. The van der Waals surface area contributed by atoms with Crippen LogP contribution in [-0.4, -0.2) is 44.1 Å². The number of amidine groups is 1. The Morgan fingerprint density at radius 3 is 2.44 bits per heavy atom. The number of aliphatic imine (C=N–C) groups is 1. The van der Waals surface area contributed by atoms with Gasteiger partial charge in [-0.3, -0.25) is 4.99 Å². The third-order valence-corrected chi connectivity index (χ3v) is 3.11. The molecule has 0 aliphatic heterocycles. The van der Waals surface area contributed by atoms with E-state index >= 15 is 0 Å². The summed E-state index contributed by atoms with van der Waals surface area (Å²) in [6.45, 7) is 2.18. The highest BCUT2D eigenvalue weighted by Crippen LogP contribution is 2.23. The quantitative estimate of drug-likeness (QED) is 0.365. The lowest BCUT2D eigenvalue weighted by Crippen LogP contribution is -2.27. The van der Waals surface area contributed by atoms with Crippen LogP contribution in [0.25, 0.3) is 0 Å². The molecule has 0 unspecified atom stereocenters. The van der Waals surface area contributed by atoms with Gasteiger partial charge in [0.15, 0.2) is 0 Å². The van der Waals surface area contributed by atoms with Crippen LogP contribution < -0.4 is 11.5 Å². The molecule has 18 heavy (non-hydrogen) atoms. The minimum Gasteiger partial charge on any atom is -0.403 e. The summed E-state index contributed by atoms with van der Waals surface area (Å²) in [6, 6.07) is 0.192. The SMILES string of the molecule is [B]/C(C(N)=NC1CCC(OCCO)CC1)=C(\C)N. The summed E-state index contributed by atoms with van der Waals surface area (Å²) in [5, 5.41) is 8.69. The average Bonchev–Trinajstić information content (AvgIpc) is 2.36. The zero-order valence-corrected chi connectivity index (χ0v) is 10.9. The van der Waals surface area contributed by atoms with Gasteiger partial charge in [-0.25, -0.2) is 0 Å². The number of ether oxygens (including phenoxy) is 1.